The van der Waals surface area contributed by atoms with E-state index in [9.17, 15) is 9.59 Å². The molecule has 2 aromatic rings. The van der Waals surface area contributed by atoms with Gasteiger partial charge in [-0.05, 0) is 37.4 Å². The van der Waals surface area contributed by atoms with E-state index in [0.29, 0.717) is 11.2 Å². The lowest BCUT2D eigenvalue weighted by atomic mass is 10.1. The number of hydrogen-bond donors (Lipinski definition) is 0. The Hall–Kier alpha value is -2.41. The van der Waals surface area contributed by atoms with Gasteiger partial charge in [-0.25, -0.2) is 9.18 Å². The van der Waals surface area contributed by atoms with Crippen molar-refractivity contribution in [1.82, 2.24) is 9.47 Å². The fraction of sp³-hybridized carbons (Fsp3) is 0.565. The van der Waals surface area contributed by atoms with E-state index in [1.807, 2.05) is 23.3 Å². The highest BCUT2D eigenvalue weighted by Crippen LogP contribution is 2.38. The van der Waals surface area contributed by atoms with Crippen LogP contribution < -0.4 is 10.3 Å². The van der Waals surface area contributed by atoms with E-state index < -0.39 is 17.2 Å². The number of esters is 1. The molecule has 0 bridgehead atoms. The molecule has 0 unspecified atom stereocenters. The van der Waals surface area contributed by atoms with E-state index in [4.69, 9.17) is 4.74 Å². The van der Waals surface area contributed by atoms with Gasteiger partial charge in [0.1, 0.15) is 11.4 Å². The maximum atomic E-state index is 15.1. The van der Waals surface area contributed by atoms with Crippen LogP contribution in [0.25, 0.3) is 10.9 Å². The van der Waals surface area contributed by atoms with Crippen molar-refractivity contribution < 1.29 is 13.9 Å². The number of fused-ring (bicyclic) bond motifs is 1. The highest BCUT2D eigenvalue weighted by atomic mass is 19.1. The third-order valence-electron chi connectivity index (χ3n) is 5.97. The van der Waals surface area contributed by atoms with Crippen molar-refractivity contribution in [2.45, 2.75) is 39.7 Å². The first-order chi connectivity index (χ1) is 14.4. The summed E-state index contributed by atoms with van der Waals surface area (Å²) in [5.74, 6) is -0.877. The molecule has 1 saturated carbocycles. The molecule has 1 aliphatic heterocycles. The van der Waals surface area contributed by atoms with Crippen molar-refractivity contribution >= 4 is 22.6 Å². The fourth-order valence-corrected chi connectivity index (χ4v) is 4.03. The molecule has 30 heavy (non-hydrogen) atoms. The molecule has 2 aliphatic rings. The summed E-state index contributed by atoms with van der Waals surface area (Å²) in [5, 5.41) is 0.245. The number of pyridine rings is 1. The molecule has 2 heterocycles. The van der Waals surface area contributed by atoms with Crippen molar-refractivity contribution in [3.63, 3.8) is 0 Å². The van der Waals surface area contributed by atoms with Gasteiger partial charge in [-0.1, -0.05) is 20.8 Å². The molecule has 6 nitrogen and oxygen atoms in total. The second-order valence-corrected chi connectivity index (χ2v) is 8.74. The third-order valence-corrected chi connectivity index (χ3v) is 5.97. The van der Waals surface area contributed by atoms with Crippen LogP contribution in [0.15, 0.2) is 23.1 Å². The number of ether oxygens (including phenoxy) is 1. The van der Waals surface area contributed by atoms with Gasteiger partial charge in [-0.3, -0.25) is 4.79 Å². The van der Waals surface area contributed by atoms with Crippen molar-refractivity contribution in [3.05, 3.63) is 39.9 Å². The minimum atomic E-state index is -0.634. The lowest BCUT2D eigenvalue weighted by Crippen LogP contribution is -2.46. The molecule has 1 aliphatic carbocycles. The number of piperazine rings is 1. The fourth-order valence-electron chi connectivity index (χ4n) is 4.03. The maximum absolute atomic E-state index is 15.1. The first kappa shape index (κ1) is 20.8. The van der Waals surface area contributed by atoms with E-state index in [1.54, 1.807) is 12.3 Å². The molecule has 1 aromatic carbocycles. The van der Waals surface area contributed by atoms with Crippen LogP contribution in [0.2, 0.25) is 0 Å². The van der Waals surface area contributed by atoms with Crippen molar-refractivity contribution in [2.75, 3.05) is 44.2 Å². The molecule has 0 N–H and O–H groups in total. The Bertz CT molecular complexity index is 1000. The van der Waals surface area contributed by atoms with E-state index in [0.717, 1.165) is 45.6 Å². The zero-order valence-corrected chi connectivity index (χ0v) is 18.0. The van der Waals surface area contributed by atoms with Gasteiger partial charge in [0.2, 0.25) is 5.43 Å². The van der Waals surface area contributed by atoms with Gasteiger partial charge in [0, 0.05) is 43.8 Å². The normalized spacial score (nSPS) is 17.7. The highest BCUT2D eigenvalue weighted by Gasteiger charge is 2.29. The van der Waals surface area contributed by atoms with Crippen molar-refractivity contribution in [2.24, 2.45) is 5.92 Å². The highest BCUT2D eigenvalue weighted by molar-refractivity contribution is 5.94. The monoisotopic (exact) mass is 415 g/mol. The summed E-state index contributed by atoms with van der Waals surface area (Å²) in [7, 11) is 0. The van der Waals surface area contributed by atoms with Crippen LogP contribution in [-0.4, -0.2) is 54.8 Å². The Kier molecular flexibility index (Phi) is 5.82. The Balaban J connectivity index is 1.75. The summed E-state index contributed by atoms with van der Waals surface area (Å²) < 4.78 is 22.3. The van der Waals surface area contributed by atoms with Crippen LogP contribution in [0.3, 0.4) is 0 Å². The number of hydrogen-bond acceptors (Lipinski definition) is 5. The summed E-state index contributed by atoms with van der Waals surface area (Å²) in [4.78, 5) is 29.9. The molecule has 2 fully saturated rings. The number of halogens is 1. The van der Waals surface area contributed by atoms with Crippen LogP contribution >= 0.6 is 0 Å². The minimum Gasteiger partial charge on any atom is -0.462 e. The zero-order chi connectivity index (χ0) is 21.4. The van der Waals surface area contributed by atoms with Gasteiger partial charge in [-0.15, -0.1) is 0 Å². The first-order valence-electron chi connectivity index (χ1n) is 10.9. The van der Waals surface area contributed by atoms with Gasteiger partial charge < -0.3 is 19.1 Å². The van der Waals surface area contributed by atoms with Crippen LogP contribution in [0.5, 0.6) is 0 Å². The number of rotatable bonds is 6. The number of nitrogens with zero attached hydrogens (tertiary/aromatic N) is 3. The quantitative estimate of drug-likeness (QED) is 0.677. The molecular weight excluding hydrogens is 385 g/mol. The summed E-state index contributed by atoms with van der Waals surface area (Å²) in [6.45, 7) is 10.5. The Morgan fingerprint density at radius 1 is 1.20 bits per heavy atom. The topological polar surface area (TPSA) is 54.8 Å². The van der Waals surface area contributed by atoms with Crippen LogP contribution in [-0.2, 0) is 4.74 Å². The van der Waals surface area contributed by atoms with Gasteiger partial charge in [0.25, 0.3) is 0 Å². The predicted molar refractivity (Wildman–Crippen MR) is 116 cm³/mol. The molecule has 0 atom stereocenters. The van der Waals surface area contributed by atoms with Gasteiger partial charge >= 0.3 is 5.97 Å². The molecule has 1 saturated heterocycles. The van der Waals surface area contributed by atoms with Crippen LogP contribution in [0.1, 0.15) is 50.0 Å². The predicted octanol–water partition coefficient (Wildman–Crippen LogP) is 3.43. The second kappa shape index (κ2) is 8.38. The van der Waals surface area contributed by atoms with E-state index >= 15 is 4.39 Å². The number of aromatic nitrogens is 1. The first-order valence-corrected chi connectivity index (χ1v) is 10.9. The molecule has 162 valence electrons. The standard InChI is InChI=1S/C23H30FN3O3/c1-4-25-7-9-26(10-8-25)21-12-20-17(11-19(21)24)22(28)18(13-27(20)16-5-6-16)23(29)30-14-15(2)3/h11-13,15-16H,4-10,14H2,1-3H3. The summed E-state index contributed by atoms with van der Waals surface area (Å²) in [5.41, 5.74) is 0.745. The molecular formula is C23H30FN3O3. The number of anilines is 1. The maximum Gasteiger partial charge on any atom is 0.343 e. The number of likely N-dealkylation sites (N-methyl/N-ethyl adjacent to an activating group) is 1. The van der Waals surface area contributed by atoms with Gasteiger partial charge in [0.05, 0.1) is 17.8 Å². The average molecular weight is 416 g/mol. The average Bonchev–Trinajstić information content (AvgIpc) is 3.57. The van der Waals surface area contributed by atoms with E-state index in [1.165, 1.54) is 6.07 Å². The third kappa shape index (κ3) is 4.08. The van der Waals surface area contributed by atoms with Crippen LogP contribution in [0, 0.1) is 11.7 Å². The number of benzene rings is 1. The van der Waals surface area contributed by atoms with E-state index in [-0.39, 0.29) is 29.5 Å². The Morgan fingerprint density at radius 2 is 1.90 bits per heavy atom. The van der Waals surface area contributed by atoms with Gasteiger partial charge in [0.15, 0.2) is 0 Å². The SMILES string of the molecule is CCN1CCN(c2cc3c(cc2F)c(=O)c(C(=O)OCC(C)C)cn3C2CC2)CC1. The lowest BCUT2D eigenvalue weighted by molar-refractivity contribution is 0.0456. The van der Waals surface area contributed by atoms with E-state index in [2.05, 4.69) is 11.8 Å². The smallest absolute Gasteiger partial charge is 0.343 e. The Labute approximate surface area is 176 Å². The minimum absolute atomic E-state index is 0.0150. The molecule has 0 amide bonds. The summed E-state index contributed by atoms with van der Waals surface area (Å²) in [6.07, 6.45) is 3.59. The molecule has 1 aromatic heterocycles. The zero-order valence-electron chi connectivity index (χ0n) is 18.0. The number of carbonyl (C=O) groups is 1. The summed E-state index contributed by atoms with van der Waals surface area (Å²) >= 11 is 0. The van der Waals surface area contributed by atoms with Crippen molar-refractivity contribution in [1.29, 1.82) is 0 Å². The molecule has 0 spiro atoms. The lowest BCUT2D eigenvalue weighted by Gasteiger charge is -2.35. The number of carbonyl (C=O) groups excluding carboxylic acids is 1. The van der Waals surface area contributed by atoms with Crippen molar-refractivity contribution in [3.8, 4) is 0 Å². The molecule has 0 radical (unpaired) electrons. The summed E-state index contributed by atoms with van der Waals surface area (Å²) in [6, 6.07) is 3.33. The molecule has 4 rings (SSSR count). The second-order valence-electron chi connectivity index (χ2n) is 8.74. The Morgan fingerprint density at radius 3 is 2.50 bits per heavy atom. The van der Waals surface area contributed by atoms with Crippen LogP contribution in [0.4, 0.5) is 10.1 Å². The molecule has 7 heteroatoms. The van der Waals surface area contributed by atoms with Gasteiger partial charge in [-0.2, -0.15) is 0 Å². The largest absolute Gasteiger partial charge is 0.462 e.